The van der Waals surface area contributed by atoms with E-state index in [1.165, 1.54) is 0 Å². The lowest BCUT2D eigenvalue weighted by Crippen LogP contribution is -2.30. The van der Waals surface area contributed by atoms with E-state index in [-0.39, 0.29) is 11.8 Å². The van der Waals surface area contributed by atoms with Gasteiger partial charge in [-0.3, -0.25) is 4.79 Å². The van der Waals surface area contributed by atoms with Crippen LogP contribution < -0.4 is 10.6 Å². The van der Waals surface area contributed by atoms with E-state index in [2.05, 4.69) is 32.6 Å². The molecule has 0 spiro atoms. The predicted molar refractivity (Wildman–Crippen MR) is 105 cm³/mol. The van der Waals surface area contributed by atoms with Gasteiger partial charge < -0.3 is 15.4 Å². The van der Waals surface area contributed by atoms with Crippen molar-refractivity contribution in [1.82, 2.24) is 25.1 Å². The van der Waals surface area contributed by atoms with Gasteiger partial charge in [0.1, 0.15) is 5.82 Å². The van der Waals surface area contributed by atoms with E-state index in [0.29, 0.717) is 38.0 Å². The van der Waals surface area contributed by atoms with Crippen molar-refractivity contribution in [3.63, 3.8) is 0 Å². The van der Waals surface area contributed by atoms with Gasteiger partial charge in [0.05, 0.1) is 24.7 Å². The Morgan fingerprint density at radius 1 is 1.31 bits per heavy atom. The van der Waals surface area contributed by atoms with Crippen molar-refractivity contribution >= 4 is 34.5 Å². The van der Waals surface area contributed by atoms with Crippen molar-refractivity contribution in [2.24, 2.45) is 5.92 Å². The summed E-state index contributed by atoms with van der Waals surface area (Å²) in [5, 5.41) is 12.2. The third-order valence-electron chi connectivity index (χ3n) is 3.64. The summed E-state index contributed by atoms with van der Waals surface area (Å²) >= 11 is 1.59. The third kappa shape index (κ3) is 5.57. The van der Waals surface area contributed by atoms with Crippen molar-refractivity contribution in [2.45, 2.75) is 39.4 Å². The molecule has 0 aromatic carbocycles. The second kappa shape index (κ2) is 10.3. The Bertz CT molecular complexity index is 719. The molecule has 0 saturated heterocycles. The van der Waals surface area contributed by atoms with Crippen molar-refractivity contribution < 1.29 is 9.53 Å². The first kappa shape index (κ1) is 20.4. The number of ether oxygens (including phenoxy) is 1. The second-order valence-corrected chi connectivity index (χ2v) is 7.19. The molecule has 0 aliphatic carbocycles. The smallest absolute Gasteiger partial charge is 0.222 e. The lowest BCUT2D eigenvalue weighted by molar-refractivity contribution is -0.124. The second-order valence-electron chi connectivity index (χ2n) is 5.96. The fraction of sp³-hybridized carbons (Fsp3) is 0.647. The Kier molecular flexibility index (Phi) is 8.11. The van der Waals surface area contributed by atoms with Crippen LogP contribution >= 0.6 is 11.8 Å². The number of fused-ring (bicyclic) bond motifs is 1. The van der Waals surface area contributed by atoms with Crippen LogP contribution in [0.2, 0.25) is 0 Å². The number of nitrogens with zero attached hydrogens (tertiary/aromatic N) is 4. The third-order valence-corrected chi connectivity index (χ3v) is 4.37. The van der Waals surface area contributed by atoms with Gasteiger partial charge in [0.15, 0.2) is 10.8 Å². The average molecular weight is 381 g/mol. The molecule has 9 heteroatoms. The molecule has 0 fully saturated rings. The molecule has 0 bridgehead atoms. The van der Waals surface area contributed by atoms with Gasteiger partial charge in [0.2, 0.25) is 5.91 Å². The lowest BCUT2D eigenvalue weighted by atomic mass is 10.2. The summed E-state index contributed by atoms with van der Waals surface area (Å²) < 4.78 is 7.18. The van der Waals surface area contributed by atoms with Crippen LogP contribution in [0.15, 0.2) is 11.4 Å². The molecular formula is C17H28N6O2S. The lowest BCUT2D eigenvalue weighted by Gasteiger charge is -2.10. The van der Waals surface area contributed by atoms with Crippen LogP contribution in [-0.4, -0.2) is 57.7 Å². The highest BCUT2D eigenvalue weighted by Gasteiger charge is 2.13. The SMILES string of the molecule is CCOCCNc1nc(SCC)nc2c1cnn2CCNC(=O)C(C)C. The maximum absolute atomic E-state index is 11.7. The highest BCUT2D eigenvalue weighted by molar-refractivity contribution is 7.99. The number of rotatable bonds is 11. The molecule has 2 N–H and O–H groups in total. The molecule has 2 aromatic rings. The van der Waals surface area contributed by atoms with Gasteiger partial charge in [0, 0.05) is 25.6 Å². The number of amides is 1. The first-order valence-corrected chi connectivity index (χ1v) is 10.0. The Hall–Kier alpha value is -1.87. The van der Waals surface area contributed by atoms with Gasteiger partial charge in [-0.2, -0.15) is 5.10 Å². The molecule has 0 aliphatic rings. The zero-order valence-electron chi connectivity index (χ0n) is 15.9. The van der Waals surface area contributed by atoms with E-state index in [9.17, 15) is 4.79 Å². The van der Waals surface area contributed by atoms with Gasteiger partial charge >= 0.3 is 0 Å². The topological polar surface area (TPSA) is 94.0 Å². The van der Waals surface area contributed by atoms with Gasteiger partial charge in [-0.1, -0.05) is 32.5 Å². The minimum Gasteiger partial charge on any atom is -0.380 e. The summed E-state index contributed by atoms with van der Waals surface area (Å²) in [5.41, 5.74) is 0.772. The largest absolute Gasteiger partial charge is 0.380 e. The highest BCUT2D eigenvalue weighted by atomic mass is 32.2. The summed E-state index contributed by atoms with van der Waals surface area (Å²) in [4.78, 5) is 20.9. The predicted octanol–water partition coefficient (Wildman–Crippen LogP) is 2.16. The normalized spacial score (nSPS) is 11.3. The van der Waals surface area contributed by atoms with E-state index in [4.69, 9.17) is 4.74 Å². The number of carbonyl (C=O) groups excluding carboxylic acids is 1. The van der Waals surface area contributed by atoms with E-state index in [0.717, 1.165) is 22.6 Å². The minimum absolute atomic E-state index is 0.0274. The zero-order chi connectivity index (χ0) is 18.9. The fourth-order valence-electron chi connectivity index (χ4n) is 2.30. The Labute approximate surface area is 158 Å². The van der Waals surface area contributed by atoms with E-state index in [1.54, 1.807) is 18.0 Å². The molecule has 0 aliphatic heterocycles. The highest BCUT2D eigenvalue weighted by Crippen LogP contribution is 2.24. The first-order valence-electron chi connectivity index (χ1n) is 9.02. The summed E-state index contributed by atoms with van der Waals surface area (Å²) in [6.07, 6.45) is 1.77. The molecular weight excluding hydrogens is 352 g/mol. The summed E-state index contributed by atoms with van der Waals surface area (Å²) in [6, 6.07) is 0. The molecule has 8 nitrogen and oxygen atoms in total. The molecule has 26 heavy (non-hydrogen) atoms. The number of aromatic nitrogens is 4. The van der Waals surface area contributed by atoms with E-state index >= 15 is 0 Å². The van der Waals surface area contributed by atoms with Gasteiger partial charge in [-0.15, -0.1) is 0 Å². The fourth-order valence-corrected chi connectivity index (χ4v) is 2.87. The number of hydrogen-bond donors (Lipinski definition) is 2. The van der Waals surface area contributed by atoms with Gasteiger partial charge in [-0.05, 0) is 12.7 Å². The number of anilines is 1. The Morgan fingerprint density at radius 3 is 2.81 bits per heavy atom. The zero-order valence-corrected chi connectivity index (χ0v) is 16.7. The van der Waals surface area contributed by atoms with Gasteiger partial charge in [0.25, 0.3) is 0 Å². The monoisotopic (exact) mass is 380 g/mol. The number of nitrogens with one attached hydrogen (secondary N) is 2. The minimum atomic E-state index is -0.0274. The van der Waals surface area contributed by atoms with Crippen molar-refractivity contribution in [3.8, 4) is 0 Å². The first-order chi connectivity index (χ1) is 12.6. The van der Waals surface area contributed by atoms with Crippen LogP contribution in [0.1, 0.15) is 27.7 Å². The molecule has 2 aromatic heterocycles. The molecule has 2 rings (SSSR count). The van der Waals surface area contributed by atoms with Crippen molar-refractivity contribution in [2.75, 3.05) is 37.4 Å². The van der Waals surface area contributed by atoms with Crippen LogP contribution in [0.3, 0.4) is 0 Å². The maximum atomic E-state index is 11.7. The Morgan fingerprint density at radius 2 is 2.12 bits per heavy atom. The van der Waals surface area contributed by atoms with E-state index in [1.807, 2.05) is 25.5 Å². The number of thioether (sulfide) groups is 1. The maximum Gasteiger partial charge on any atom is 0.222 e. The van der Waals surface area contributed by atoms with Crippen molar-refractivity contribution in [3.05, 3.63) is 6.20 Å². The van der Waals surface area contributed by atoms with Crippen LogP contribution in [0.4, 0.5) is 5.82 Å². The number of carbonyl (C=O) groups is 1. The summed E-state index contributed by atoms with van der Waals surface area (Å²) in [5.74, 6) is 1.67. The standard InChI is InChI=1S/C17H28N6O2S/c1-5-25-10-8-18-14-13-11-20-23(9-7-19-16(24)12(3)4)15(13)22-17(21-14)26-6-2/h11-12H,5-10H2,1-4H3,(H,19,24)(H,18,21,22). The molecule has 0 atom stereocenters. The number of hydrogen-bond acceptors (Lipinski definition) is 7. The molecule has 2 heterocycles. The molecule has 0 saturated carbocycles. The van der Waals surface area contributed by atoms with Crippen molar-refractivity contribution in [1.29, 1.82) is 0 Å². The Balaban J connectivity index is 2.15. The molecule has 0 unspecified atom stereocenters. The molecule has 144 valence electrons. The summed E-state index contributed by atoms with van der Waals surface area (Å²) in [6.45, 7) is 10.9. The van der Waals surface area contributed by atoms with Crippen LogP contribution in [0.5, 0.6) is 0 Å². The van der Waals surface area contributed by atoms with E-state index < -0.39 is 0 Å². The van der Waals surface area contributed by atoms with Crippen LogP contribution in [-0.2, 0) is 16.1 Å². The molecule has 0 radical (unpaired) electrons. The molecule has 1 amide bonds. The van der Waals surface area contributed by atoms with Crippen LogP contribution in [0.25, 0.3) is 11.0 Å². The van der Waals surface area contributed by atoms with Crippen LogP contribution in [0, 0.1) is 5.92 Å². The van der Waals surface area contributed by atoms with Gasteiger partial charge in [-0.25, -0.2) is 14.6 Å². The quantitative estimate of drug-likeness (QED) is 0.350. The summed E-state index contributed by atoms with van der Waals surface area (Å²) in [7, 11) is 0. The average Bonchev–Trinajstić information content (AvgIpc) is 3.02.